The first-order valence-electron chi connectivity index (χ1n) is 8.91. The molecule has 0 fully saturated rings. The van der Waals surface area contributed by atoms with E-state index >= 15 is 0 Å². The van der Waals surface area contributed by atoms with Gasteiger partial charge in [0.1, 0.15) is 6.61 Å². The minimum atomic E-state index is -0.501. The van der Waals surface area contributed by atoms with Crippen LogP contribution in [0.3, 0.4) is 0 Å². The van der Waals surface area contributed by atoms with Crippen LogP contribution in [0.25, 0.3) is 0 Å². The lowest BCUT2D eigenvalue weighted by Crippen LogP contribution is -2.34. The standard InChI is InChI=1S/C21H27N3O3/c1-13-9-17(20(23)25)10-14(2)19(13)11-18(22)12-27-21(26)24-15(3)16-7-5-4-6-8-16/h4-10,15,18H,11-12,22H2,1-3H3,(H2,23,25)(H,24,26)/t15-,18-/m0/s1. The van der Waals surface area contributed by atoms with E-state index in [-0.39, 0.29) is 18.7 Å². The van der Waals surface area contributed by atoms with E-state index in [1.54, 1.807) is 12.1 Å². The number of primary amides is 1. The first kappa shape index (κ1) is 20.5. The molecule has 0 unspecified atom stereocenters. The summed E-state index contributed by atoms with van der Waals surface area (Å²) >= 11 is 0. The first-order chi connectivity index (χ1) is 12.8. The summed E-state index contributed by atoms with van der Waals surface area (Å²) in [7, 11) is 0. The van der Waals surface area contributed by atoms with Crippen LogP contribution in [0.2, 0.25) is 0 Å². The summed E-state index contributed by atoms with van der Waals surface area (Å²) in [6, 6.07) is 12.7. The minimum Gasteiger partial charge on any atom is -0.448 e. The number of nitrogens with two attached hydrogens (primary N) is 2. The van der Waals surface area contributed by atoms with Crippen molar-refractivity contribution in [3.63, 3.8) is 0 Å². The number of hydrogen-bond acceptors (Lipinski definition) is 4. The van der Waals surface area contributed by atoms with Gasteiger partial charge < -0.3 is 21.5 Å². The van der Waals surface area contributed by atoms with Gasteiger partial charge in [0.15, 0.2) is 0 Å². The SMILES string of the molecule is Cc1cc(C(N)=O)cc(C)c1C[C@H](N)COC(=O)N[C@@H](C)c1ccccc1. The largest absolute Gasteiger partial charge is 0.448 e. The van der Waals surface area contributed by atoms with Gasteiger partial charge >= 0.3 is 6.09 Å². The molecule has 0 bridgehead atoms. The van der Waals surface area contributed by atoms with Crippen LogP contribution in [0.4, 0.5) is 4.79 Å². The Morgan fingerprint density at radius 1 is 1.11 bits per heavy atom. The van der Waals surface area contributed by atoms with E-state index in [0.717, 1.165) is 22.3 Å². The molecule has 0 radical (unpaired) electrons. The molecule has 2 atom stereocenters. The smallest absolute Gasteiger partial charge is 0.407 e. The molecule has 5 N–H and O–H groups in total. The number of aryl methyl sites for hydroxylation is 2. The summed E-state index contributed by atoms with van der Waals surface area (Å²) in [6.07, 6.45) is 0.0393. The van der Waals surface area contributed by atoms with Crippen LogP contribution in [0.15, 0.2) is 42.5 Å². The monoisotopic (exact) mass is 369 g/mol. The van der Waals surface area contributed by atoms with Crippen LogP contribution in [0, 0.1) is 13.8 Å². The average molecular weight is 369 g/mol. The summed E-state index contributed by atoms with van der Waals surface area (Å²) in [5.74, 6) is -0.454. The lowest BCUT2D eigenvalue weighted by atomic mass is 9.94. The number of benzene rings is 2. The van der Waals surface area contributed by atoms with Crippen molar-refractivity contribution in [1.82, 2.24) is 5.32 Å². The molecule has 0 aliphatic carbocycles. The van der Waals surface area contributed by atoms with Crippen molar-refractivity contribution >= 4 is 12.0 Å². The molecule has 0 aliphatic rings. The predicted molar refractivity (Wildman–Crippen MR) is 105 cm³/mol. The maximum Gasteiger partial charge on any atom is 0.407 e. The fraction of sp³-hybridized carbons (Fsp3) is 0.333. The molecular weight excluding hydrogens is 342 g/mol. The predicted octanol–water partition coefficient (Wildman–Crippen LogP) is 2.76. The highest BCUT2D eigenvalue weighted by Gasteiger charge is 2.15. The third kappa shape index (κ3) is 5.82. The Morgan fingerprint density at radius 3 is 2.26 bits per heavy atom. The van der Waals surface area contributed by atoms with Crippen molar-refractivity contribution < 1.29 is 14.3 Å². The van der Waals surface area contributed by atoms with Crippen molar-refractivity contribution in [3.05, 3.63) is 70.3 Å². The van der Waals surface area contributed by atoms with Crippen molar-refractivity contribution in [2.24, 2.45) is 11.5 Å². The molecule has 144 valence electrons. The zero-order valence-electron chi connectivity index (χ0n) is 16.0. The van der Waals surface area contributed by atoms with Crippen LogP contribution in [-0.2, 0) is 11.2 Å². The molecule has 6 nitrogen and oxygen atoms in total. The molecule has 6 heteroatoms. The number of alkyl carbamates (subject to hydrolysis) is 1. The Kier molecular flexibility index (Phi) is 6.96. The molecule has 2 aromatic carbocycles. The van der Waals surface area contributed by atoms with Crippen molar-refractivity contribution in [2.75, 3.05) is 6.61 Å². The topological polar surface area (TPSA) is 107 Å². The normalized spacial score (nSPS) is 12.9. The maximum atomic E-state index is 12.0. The number of carbonyl (C=O) groups excluding carboxylic acids is 2. The molecular formula is C21H27N3O3. The van der Waals surface area contributed by atoms with E-state index < -0.39 is 12.0 Å². The van der Waals surface area contributed by atoms with Gasteiger partial charge in [0, 0.05) is 11.6 Å². The van der Waals surface area contributed by atoms with E-state index in [4.69, 9.17) is 16.2 Å². The fourth-order valence-corrected chi connectivity index (χ4v) is 3.00. The Morgan fingerprint density at radius 2 is 1.70 bits per heavy atom. The van der Waals surface area contributed by atoms with Gasteiger partial charge in [-0.1, -0.05) is 30.3 Å². The number of hydrogen-bond donors (Lipinski definition) is 3. The van der Waals surface area contributed by atoms with E-state index in [9.17, 15) is 9.59 Å². The Bertz CT molecular complexity index is 783. The van der Waals surface area contributed by atoms with Gasteiger partial charge in [-0.15, -0.1) is 0 Å². The molecule has 0 saturated heterocycles. The molecule has 0 saturated carbocycles. The number of carbonyl (C=O) groups is 2. The van der Waals surface area contributed by atoms with Gasteiger partial charge in [-0.25, -0.2) is 4.79 Å². The Hall–Kier alpha value is -2.86. The number of amides is 2. The molecule has 2 rings (SSSR count). The van der Waals surface area contributed by atoms with E-state index in [2.05, 4.69) is 5.32 Å². The second-order valence-electron chi connectivity index (χ2n) is 6.79. The fourth-order valence-electron chi connectivity index (χ4n) is 3.00. The van der Waals surface area contributed by atoms with Crippen LogP contribution >= 0.6 is 0 Å². The van der Waals surface area contributed by atoms with Crippen LogP contribution < -0.4 is 16.8 Å². The van der Waals surface area contributed by atoms with Gasteiger partial charge in [-0.2, -0.15) is 0 Å². The third-order valence-electron chi connectivity index (χ3n) is 4.51. The molecule has 2 aromatic rings. The van der Waals surface area contributed by atoms with Crippen molar-refractivity contribution in [3.8, 4) is 0 Å². The summed E-state index contributed by atoms with van der Waals surface area (Å²) < 4.78 is 5.26. The average Bonchev–Trinajstić information content (AvgIpc) is 2.63. The molecule has 0 aromatic heterocycles. The molecule has 27 heavy (non-hydrogen) atoms. The van der Waals surface area contributed by atoms with Crippen LogP contribution in [0.5, 0.6) is 0 Å². The number of ether oxygens (including phenoxy) is 1. The first-order valence-corrected chi connectivity index (χ1v) is 8.91. The zero-order valence-corrected chi connectivity index (χ0v) is 16.0. The summed E-state index contributed by atoms with van der Waals surface area (Å²) in [5, 5.41) is 2.79. The lowest BCUT2D eigenvalue weighted by Gasteiger charge is -2.18. The van der Waals surface area contributed by atoms with Crippen molar-refractivity contribution in [2.45, 2.75) is 39.3 Å². The summed E-state index contributed by atoms with van der Waals surface area (Å²) in [5.41, 5.74) is 15.9. The van der Waals surface area contributed by atoms with Gasteiger partial charge in [0.05, 0.1) is 6.04 Å². The third-order valence-corrected chi connectivity index (χ3v) is 4.51. The van der Waals surface area contributed by atoms with Crippen LogP contribution in [-0.4, -0.2) is 24.6 Å². The second-order valence-corrected chi connectivity index (χ2v) is 6.79. The Labute approximate surface area is 159 Å². The van der Waals surface area contributed by atoms with Gasteiger partial charge in [-0.05, 0) is 61.6 Å². The Balaban J connectivity index is 1.88. The quantitative estimate of drug-likeness (QED) is 0.697. The highest BCUT2D eigenvalue weighted by atomic mass is 16.5. The molecule has 0 aliphatic heterocycles. The van der Waals surface area contributed by atoms with Crippen LogP contribution in [0.1, 0.15) is 45.6 Å². The molecule has 2 amide bonds. The lowest BCUT2D eigenvalue weighted by molar-refractivity contribution is 0.1000. The maximum absolute atomic E-state index is 12.0. The van der Waals surface area contributed by atoms with Gasteiger partial charge in [0.2, 0.25) is 5.91 Å². The summed E-state index contributed by atoms with van der Waals surface area (Å²) in [6.45, 7) is 5.82. The van der Waals surface area contributed by atoms with Crippen molar-refractivity contribution in [1.29, 1.82) is 0 Å². The highest BCUT2D eigenvalue weighted by Crippen LogP contribution is 2.18. The van der Waals surface area contributed by atoms with Gasteiger partial charge in [-0.3, -0.25) is 4.79 Å². The number of rotatable bonds is 7. The molecule has 0 spiro atoms. The van der Waals surface area contributed by atoms with E-state index in [0.29, 0.717) is 12.0 Å². The zero-order chi connectivity index (χ0) is 20.0. The highest BCUT2D eigenvalue weighted by molar-refractivity contribution is 5.93. The summed E-state index contributed by atoms with van der Waals surface area (Å²) in [4.78, 5) is 23.3. The second kappa shape index (κ2) is 9.19. The van der Waals surface area contributed by atoms with Gasteiger partial charge in [0.25, 0.3) is 0 Å². The number of nitrogens with one attached hydrogen (secondary N) is 1. The van der Waals surface area contributed by atoms with E-state index in [1.807, 2.05) is 51.1 Å². The molecule has 0 heterocycles. The minimum absolute atomic E-state index is 0.101. The van der Waals surface area contributed by atoms with E-state index in [1.165, 1.54) is 0 Å².